The molecule has 4 heteroatoms. The molecule has 88 valence electrons. The van der Waals surface area contributed by atoms with Gasteiger partial charge in [0.1, 0.15) is 0 Å². The Morgan fingerprint density at radius 3 is 2.94 bits per heavy atom. The summed E-state index contributed by atoms with van der Waals surface area (Å²) in [6, 6.07) is 5.66. The van der Waals surface area contributed by atoms with Crippen molar-refractivity contribution in [2.45, 2.75) is 24.8 Å². The summed E-state index contributed by atoms with van der Waals surface area (Å²) < 4.78 is 18.4. The Balaban J connectivity index is 2.17. The summed E-state index contributed by atoms with van der Waals surface area (Å²) in [6.45, 7) is 2.16. The Labute approximate surface area is 99.6 Å². The zero-order valence-electron chi connectivity index (χ0n) is 9.50. The number of rotatable bonds is 2. The lowest BCUT2D eigenvalue weighted by Crippen LogP contribution is -2.33. The topological polar surface area (TPSA) is 21.3 Å². The van der Waals surface area contributed by atoms with E-state index in [1.54, 1.807) is 12.1 Å². The molecule has 1 N–H and O–H groups in total. The molecule has 2 unspecified atom stereocenters. The van der Waals surface area contributed by atoms with Gasteiger partial charge >= 0.3 is 0 Å². The molecule has 0 amide bonds. The second-order valence-corrected chi connectivity index (χ2v) is 5.21. The average Bonchev–Trinajstić information content (AvgIpc) is 2.29. The molecule has 0 spiro atoms. The van der Waals surface area contributed by atoms with Crippen molar-refractivity contribution in [1.29, 1.82) is 0 Å². The van der Waals surface area contributed by atoms with Crippen LogP contribution in [0.1, 0.15) is 24.3 Å². The lowest BCUT2D eigenvalue weighted by atomic mass is 10.1. The molecule has 1 fully saturated rings. The van der Waals surface area contributed by atoms with E-state index in [0.717, 1.165) is 11.3 Å². The highest BCUT2D eigenvalue weighted by Crippen LogP contribution is 2.33. The average molecular weight is 241 g/mol. The fourth-order valence-electron chi connectivity index (χ4n) is 1.79. The molecule has 0 aliphatic carbocycles. The minimum Gasteiger partial charge on any atom is -0.494 e. The summed E-state index contributed by atoms with van der Waals surface area (Å²) in [5.41, 5.74) is 0.981. The van der Waals surface area contributed by atoms with E-state index in [9.17, 15) is 4.39 Å². The van der Waals surface area contributed by atoms with Crippen molar-refractivity contribution < 1.29 is 9.13 Å². The van der Waals surface area contributed by atoms with Crippen LogP contribution in [0.25, 0.3) is 0 Å². The number of halogens is 1. The van der Waals surface area contributed by atoms with E-state index in [2.05, 4.69) is 12.2 Å². The van der Waals surface area contributed by atoms with Gasteiger partial charge in [-0.15, -0.1) is 11.8 Å². The minimum absolute atomic E-state index is 0.198. The van der Waals surface area contributed by atoms with Crippen molar-refractivity contribution in [2.24, 2.45) is 0 Å². The third kappa shape index (κ3) is 2.50. The van der Waals surface area contributed by atoms with Crippen molar-refractivity contribution in [3.05, 3.63) is 29.6 Å². The standard InChI is InChI=1S/C12H16FNOS/c1-8-5-6-16-12(14-8)9-3-4-11(15-2)10(13)7-9/h3-4,7-8,12,14H,5-6H2,1-2H3. The summed E-state index contributed by atoms with van der Waals surface area (Å²) >= 11 is 1.82. The highest BCUT2D eigenvalue weighted by atomic mass is 32.2. The maximum atomic E-state index is 13.5. The van der Waals surface area contributed by atoms with Gasteiger partial charge in [-0.25, -0.2) is 4.39 Å². The zero-order chi connectivity index (χ0) is 11.5. The van der Waals surface area contributed by atoms with E-state index in [4.69, 9.17) is 4.74 Å². The highest BCUT2D eigenvalue weighted by Gasteiger charge is 2.20. The van der Waals surface area contributed by atoms with Crippen LogP contribution in [0.4, 0.5) is 4.39 Å². The summed E-state index contributed by atoms with van der Waals surface area (Å²) in [4.78, 5) is 0. The molecule has 2 atom stereocenters. The molecule has 2 nitrogen and oxygen atoms in total. The van der Waals surface area contributed by atoms with E-state index >= 15 is 0 Å². The van der Waals surface area contributed by atoms with Crippen LogP contribution in [-0.2, 0) is 0 Å². The summed E-state index contributed by atoms with van der Waals surface area (Å²) in [5.74, 6) is 1.13. The molecular formula is C12H16FNOS. The van der Waals surface area contributed by atoms with Crippen molar-refractivity contribution >= 4 is 11.8 Å². The van der Waals surface area contributed by atoms with E-state index < -0.39 is 0 Å². The van der Waals surface area contributed by atoms with E-state index in [1.807, 2.05) is 17.8 Å². The summed E-state index contributed by atoms with van der Waals surface area (Å²) in [7, 11) is 1.48. The molecule has 1 aliphatic rings. The Bertz CT molecular complexity index is 372. The van der Waals surface area contributed by atoms with Crippen molar-refractivity contribution in [3.63, 3.8) is 0 Å². The Morgan fingerprint density at radius 1 is 1.50 bits per heavy atom. The Kier molecular flexibility index (Phi) is 3.71. The third-order valence-electron chi connectivity index (χ3n) is 2.75. The molecule has 1 saturated heterocycles. The summed E-state index contributed by atoms with van der Waals surface area (Å²) in [5, 5.41) is 3.65. The molecule has 1 heterocycles. The molecule has 0 aromatic heterocycles. The van der Waals surface area contributed by atoms with Gasteiger partial charge < -0.3 is 4.74 Å². The SMILES string of the molecule is COc1ccc(C2NC(C)CCS2)cc1F. The number of methoxy groups -OCH3 is 1. The number of benzene rings is 1. The van der Waals surface area contributed by atoms with Gasteiger partial charge in [-0.05, 0) is 36.8 Å². The maximum absolute atomic E-state index is 13.5. The first-order chi connectivity index (χ1) is 7.70. The quantitative estimate of drug-likeness (QED) is 0.860. The van der Waals surface area contributed by atoms with Crippen LogP contribution >= 0.6 is 11.8 Å². The molecule has 16 heavy (non-hydrogen) atoms. The molecule has 2 rings (SSSR count). The van der Waals surface area contributed by atoms with E-state index in [0.29, 0.717) is 11.8 Å². The first-order valence-electron chi connectivity index (χ1n) is 5.42. The number of hydrogen-bond donors (Lipinski definition) is 1. The zero-order valence-corrected chi connectivity index (χ0v) is 10.3. The first kappa shape index (κ1) is 11.7. The van der Waals surface area contributed by atoms with Crippen LogP contribution in [0.15, 0.2) is 18.2 Å². The van der Waals surface area contributed by atoms with Crippen molar-refractivity contribution in [1.82, 2.24) is 5.32 Å². The highest BCUT2D eigenvalue weighted by molar-refractivity contribution is 7.99. The van der Waals surface area contributed by atoms with E-state index in [-0.39, 0.29) is 11.2 Å². The maximum Gasteiger partial charge on any atom is 0.165 e. The van der Waals surface area contributed by atoms with Gasteiger partial charge in [-0.1, -0.05) is 6.07 Å². The van der Waals surface area contributed by atoms with Gasteiger partial charge in [0, 0.05) is 6.04 Å². The molecule has 1 aliphatic heterocycles. The number of ether oxygens (including phenoxy) is 1. The smallest absolute Gasteiger partial charge is 0.165 e. The fraction of sp³-hybridized carbons (Fsp3) is 0.500. The third-order valence-corrected chi connectivity index (χ3v) is 3.96. The molecule has 0 radical (unpaired) electrons. The monoisotopic (exact) mass is 241 g/mol. The summed E-state index contributed by atoms with van der Waals surface area (Å²) in [6.07, 6.45) is 1.17. The van der Waals surface area contributed by atoms with Gasteiger partial charge in [-0.3, -0.25) is 5.32 Å². The predicted molar refractivity (Wildman–Crippen MR) is 65.4 cm³/mol. The molecular weight excluding hydrogens is 225 g/mol. The molecule has 0 bridgehead atoms. The second kappa shape index (κ2) is 5.06. The fourth-order valence-corrected chi connectivity index (χ4v) is 3.18. The Morgan fingerprint density at radius 2 is 2.31 bits per heavy atom. The van der Waals surface area contributed by atoms with Gasteiger partial charge in [0.2, 0.25) is 0 Å². The lowest BCUT2D eigenvalue weighted by molar-refractivity contribution is 0.385. The van der Waals surface area contributed by atoms with Crippen molar-refractivity contribution in [2.75, 3.05) is 12.9 Å². The van der Waals surface area contributed by atoms with Crippen LogP contribution in [0.5, 0.6) is 5.75 Å². The number of nitrogens with one attached hydrogen (secondary N) is 1. The number of hydrogen-bond acceptors (Lipinski definition) is 3. The second-order valence-electron chi connectivity index (χ2n) is 4.00. The van der Waals surface area contributed by atoms with Gasteiger partial charge in [0.15, 0.2) is 11.6 Å². The minimum atomic E-state index is -0.291. The van der Waals surface area contributed by atoms with Crippen LogP contribution in [0, 0.1) is 5.82 Å². The largest absolute Gasteiger partial charge is 0.494 e. The van der Waals surface area contributed by atoms with Gasteiger partial charge in [0.25, 0.3) is 0 Å². The first-order valence-corrected chi connectivity index (χ1v) is 6.46. The van der Waals surface area contributed by atoms with E-state index in [1.165, 1.54) is 13.5 Å². The van der Waals surface area contributed by atoms with Crippen LogP contribution < -0.4 is 10.1 Å². The molecule has 0 saturated carbocycles. The normalized spacial score (nSPS) is 25.4. The molecule has 1 aromatic rings. The van der Waals surface area contributed by atoms with Crippen LogP contribution in [0.2, 0.25) is 0 Å². The van der Waals surface area contributed by atoms with Crippen LogP contribution in [0.3, 0.4) is 0 Å². The Hall–Kier alpha value is -0.740. The van der Waals surface area contributed by atoms with Crippen molar-refractivity contribution in [3.8, 4) is 5.75 Å². The molecule has 1 aromatic carbocycles. The predicted octanol–water partition coefficient (Wildman–Crippen LogP) is 2.95. The van der Waals surface area contributed by atoms with Gasteiger partial charge in [-0.2, -0.15) is 0 Å². The van der Waals surface area contributed by atoms with Gasteiger partial charge in [0.05, 0.1) is 12.5 Å². The number of thioether (sulfide) groups is 1. The van der Waals surface area contributed by atoms with Crippen LogP contribution in [-0.4, -0.2) is 18.9 Å². The lowest BCUT2D eigenvalue weighted by Gasteiger charge is -2.28.